The first-order chi connectivity index (χ1) is 9.96. The lowest BCUT2D eigenvalue weighted by atomic mass is 10.1. The Bertz CT molecular complexity index is 595. The summed E-state index contributed by atoms with van der Waals surface area (Å²) in [4.78, 5) is 15.7. The lowest BCUT2D eigenvalue weighted by Crippen LogP contribution is -2.49. The Morgan fingerprint density at radius 2 is 2.24 bits per heavy atom. The lowest BCUT2D eigenvalue weighted by molar-refractivity contribution is -0.134. The first-order valence-corrected chi connectivity index (χ1v) is 9.84. The zero-order valence-electron chi connectivity index (χ0n) is 12.5. The number of hydrogen-bond donors (Lipinski definition) is 1. The molecule has 2 heterocycles. The summed E-state index contributed by atoms with van der Waals surface area (Å²) in [7, 11) is -3.37. The van der Waals surface area contributed by atoms with Crippen molar-refractivity contribution in [3.05, 3.63) is 21.9 Å². The zero-order chi connectivity index (χ0) is 15.5. The smallest absolute Gasteiger partial charge is 0.241 e. The standard InChI is InChI=1S/C14H22N2O3S2/c1-3-5-12(15-21(18,19)4-2)14(17)16-8-6-13-11(10-16)7-9-20-13/h7,9,12,15H,3-6,8,10H2,1-2H3/t12-/m0/s1. The van der Waals surface area contributed by atoms with Gasteiger partial charge in [-0.25, -0.2) is 13.1 Å². The van der Waals surface area contributed by atoms with Crippen molar-refractivity contribution in [1.29, 1.82) is 0 Å². The van der Waals surface area contributed by atoms with E-state index in [0.29, 0.717) is 19.5 Å². The van der Waals surface area contributed by atoms with E-state index < -0.39 is 16.1 Å². The molecule has 118 valence electrons. The van der Waals surface area contributed by atoms with E-state index in [2.05, 4.69) is 4.72 Å². The van der Waals surface area contributed by atoms with Crippen LogP contribution in [0.5, 0.6) is 0 Å². The van der Waals surface area contributed by atoms with Crippen LogP contribution in [0.15, 0.2) is 11.4 Å². The Labute approximate surface area is 130 Å². The highest BCUT2D eigenvalue weighted by Gasteiger charge is 2.29. The molecule has 5 nitrogen and oxygen atoms in total. The van der Waals surface area contributed by atoms with Gasteiger partial charge in [0.1, 0.15) is 6.04 Å². The van der Waals surface area contributed by atoms with Crippen LogP contribution in [-0.2, 0) is 27.8 Å². The van der Waals surface area contributed by atoms with Crippen molar-refractivity contribution in [2.24, 2.45) is 0 Å². The predicted octanol–water partition coefficient (Wildman–Crippen LogP) is 1.74. The third-order valence-electron chi connectivity index (χ3n) is 3.70. The van der Waals surface area contributed by atoms with Gasteiger partial charge >= 0.3 is 0 Å². The third kappa shape index (κ3) is 4.05. The van der Waals surface area contributed by atoms with E-state index >= 15 is 0 Å². The normalized spacial score (nSPS) is 16.6. The Balaban J connectivity index is 2.09. The van der Waals surface area contributed by atoms with E-state index in [-0.39, 0.29) is 11.7 Å². The van der Waals surface area contributed by atoms with Crippen molar-refractivity contribution in [2.45, 2.75) is 45.7 Å². The van der Waals surface area contributed by atoms with Crippen LogP contribution in [0.4, 0.5) is 0 Å². The molecule has 1 N–H and O–H groups in total. The second kappa shape index (κ2) is 6.89. The Morgan fingerprint density at radius 3 is 2.90 bits per heavy atom. The van der Waals surface area contributed by atoms with Crippen LogP contribution in [-0.4, -0.2) is 37.6 Å². The maximum absolute atomic E-state index is 12.6. The molecule has 1 atom stereocenters. The molecule has 0 fully saturated rings. The van der Waals surface area contributed by atoms with Gasteiger partial charge in [0.05, 0.1) is 5.75 Å². The summed E-state index contributed by atoms with van der Waals surface area (Å²) in [5.74, 6) is -0.111. The van der Waals surface area contributed by atoms with Crippen LogP contribution < -0.4 is 4.72 Å². The number of nitrogens with zero attached hydrogens (tertiary/aromatic N) is 1. The number of fused-ring (bicyclic) bond motifs is 1. The van der Waals surface area contributed by atoms with Gasteiger partial charge in [0.25, 0.3) is 0 Å². The minimum absolute atomic E-state index is 0.00479. The molecule has 1 aliphatic rings. The van der Waals surface area contributed by atoms with Gasteiger partial charge in [-0.1, -0.05) is 13.3 Å². The maximum atomic E-state index is 12.6. The highest BCUT2D eigenvalue weighted by Crippen LogP contribution is 2.24. The molecule has 1 aromatic heterocycles. The predicted molar refractivity (Wildman–Crippen MR) is 84.7 cm³/mol. The van der Waals surface area contributed by atoms with E-state index in [1.54, 1.807) is 23.2 Å². The number of sulfonamides is 1. The average molecular weight is 330 g/mol. The fourth-order valence-electron chi connectivity index (χ4n) is 2.48. The van der Waals surface area contributed by atoms with Crippen LogP contribution in [0.25, 0.3) is 0 Å². The minimum atomic E-state index is -3.37. The number of carbonyl (C=O) groups is 1. The minimum Gasteiger partial charge on any atom is -0.337 e. The van der Waals surface area contributed by atoms with Crippen LogP contribution >= 0.6 is 11.3 Å². The molecule has 0 radical (unpaired) electrons. The Hall–Kier alpha value is -0.920. The van der Waals surface area contributed by atoms with Crippen LogP contribution in [0.1, 0.15) is 37.1 Å². The van der Waals surface area contributed by atoms with Gasteiger partial charge in [-0.2, -0.15) is 0 Å². The summed E-state index contributed by atoms with van der Waals surface area (Å²) in [5.41, 5.74) is 1.19. The molecule has 0 saturated heterocycles. The van der Waals surface area contributed by atoms with Crippen LogP contribution in [0, 0.1) is 0 Å². The zero-order valence-corrected chi connectivity index (χ0v) is 14.1. The number of rotatable bonds is 6. The monoisotopic (exact) mass is 330 g/mol. The van der Waals surface area contributed by atoms with Crippen molar-refractivity contribution in [2.75, 3.05) is 12.3 Å². The van der Waals surface area contributed by atoms with Gasteiger partial charge in [-0.05, 0) is 36.8 Å². The van der Waals surface area contributed by atoms with Gasteiger partial charge in [-0.15, -0.1) is 11.3 Å². The van der Waals surface area contributed by atoms with Crippen molar-refractivity contribution in [3.63, 3.8) is 0 Å². The molecule has 21 heavy (non-hydrogen) atoms. The topological polar surface area (TPSA) is 66.5 Å². The van der Waals surface area contributed by atoms with E-state index in [1.807, 2.05) is 18.4 Å². The molecule has 1 aliphatic heterocycles. The van der Waals surface area contributed by atoms with E-state index in [0.717, 1.165) is 12.8 Å². The molecule has 0 aliphatic carbocycles. The maximum Gasteiger partial charge on any atom is 0.241 e. The quantitative estimate of drug-likeness (QED) is 0.864. The number of amides is 1. The molecule has 0 saturated carbocycles. The largest absolute Gasteiger partial charge is 0.337 e. The first-order valence-electron chi connectivity index (χ1n) is 7.31. The fraction of sp³-hybridized carbons (Fsp3) is 0.643. The SMILES string of the molecule is CCC[C@H](NS(=O)(=O)CC)C(=O)N1CCc2sccc2C1. The molecular weight excluding hydrogens is 308 g/mol. The molecule has 1 aromatic rings. The van der Waals surface area contributed by atoms with Crippen LogP contribution in [0.2, 0.25) is 0 Å². The Morgan fingerprint density at radius 1 is 1.48 bits per heavy atom. The van der Waals surface area contributed by atoms with Gasteiger partial charge in [0, 0.05) is 18.0 Å². The highest BCUT2D eigenvalue weighted by atomic mass is 32.2. The van der Waals surface area contributed by atoms with Gasteiger partial charge in [0.15, 0.2) is 0 Å². The van der Waals surface area contributed by atoms with Crippen molar-refractivity contribution in [1.82, 2.24) is 9.62 Å². The van der Waals surface area contributed by atoms with Crippen molar-refractivity contribution in [3.8, 4) is 0 Å². The molecule has 1 amide bonds. The molecule has 2 rings (SSSR count). The second-order valence-corrected chi connectivity index (χ2v) is 8.28. The summed E-state index contributed by atoms with van der Waals surface area (Å²) >= 11 is 1.72. The second-order valence-electron chi connectivity index (χ2n) is 5.24. The molecule has 7 heteroatoms. The van der Waals surface area contributed by atoms with E-state index in [4.69, 9.17) is 0 Å². The highest BCUT2D eigenvalue weighted by molar-refractivity contribution is 7.89. The van der Waals surface area contributed by atoms with Gasteiger partial charge in [-0.3, -0.25) is 4.79 Å². The molecular formula is C14H22N2O3S2. The summed E-state index contributed by atoms with van der Waals surface area (Å²) in [5, 5.41) is 2.04. The first kappa shape index (κ1) is 16.5. The summed E-state index contributed by atoms with van der Waals surface area (Å²) < 4.78 is 26.0. The number of hydrogen-bond acceptors (Lipinski definition) is 4. The number of nitrogens with one attached hydrogen (secondary N) is 1. The summed E-state index contributed by atoms with van der Waals surface area (Å²) in [6.07, 6.45) is 2.16. The molecule has 0 bridgehead atoms. The van der Waals surface area contributed by atoms with E-state index in [9.17, 15) is 13.2 Å². The molecule has 0 unspecified atom stereocenters. The summed E-state index contributed by atoms with van der Waals surface area (Å²) in [6.45, 7) is 4.79. The summed E-state index contributed by atoms with van der Waals surface area (Å²) in [6, 6.07) is 1.41. The Kier molecular flexibility index (Phi) is 5.40. The molecule has 0 aromatic carbocycles. The average Bonchev–Trinajstić information content (AvgIpc) is 2.93. The number of carbonyl (C=O) groups excluding carboxylic acids is 1. The van der Waals surface area contributed by atoms with Gasteiger partial charge < -0.3 is 4.90 Å². The molecule has 0 spiro atoms. The third-order valence-corrected chi connectivity index (χ3v) is 6.12. The van der Waals surface area contributed by atoms with Crippen molar-refractivity contribution < 1.29 is 13.2 Å². The fourth-order valence-corrected chi connectivity index (χ4v) is 4.19. The van der Waals surface area contributed by atoms with Crippen LogP contribution in [0.3, 0.4) is 0 Å². The number of thiophene rings is 1. The lowest BCUT2D eigenvalue weighted by Gasteiger charge is -2.30. The van der Waals surface area contributed by atoms with Crippen molar-refractivity contribution >= 4 is 27.3 Å². The van der Waals surface area contributed by atoms with Gasteiger partial charge in [0.2, 0.25) is 15.9 Å². The van der Waals surface area contributed by atoms with E-state index in [1.165, 1.54) is 10.4 Å².